The molecule has 0 aromatic rings. The van der Waals surface area contributed by atoms with E-state index in [-0.39, 0.29) is 0 Å². The van der Waals surface area contributed by atoms with Crippen LogP contribution < -0.4 is 0 Å². The van der Waals surface area contributed by atoms with Crippen LogP contribution in [0, 0.1) is 0 Å². The summed E-state index contributed by atoms with van der Waals surface area (Å²) >= 11 is 11.5. The molecule has 0 bridgehead atoms. The molecule has 10 heavy (non-hydrogen) atoms. The van der Waals surface area contributed by atoms with Crippen LogP contribution in [0.5, 0.6) is 0 Å². The van der Waals surface area contributed by atoms with Crippen molar-refractivity contribution in [1.29, 1.82) is 0 Å². The van der Waals surface area contributed by atoms with E-state index >= 15 is 0 Å². The van der Waals surface area contributed by atoms with Gasteiger partial charge in [-0.25, -0.2) is 0 Å². The third-order valence-corrected chi connectivity index (χ3v) is 7.67. The van der Waals surface area contributed by atoms with Gasteiger partial charge in [0.25, 0.3) is 0 Å². The summed E-state index contributed by atoms with van der Waals surface area (Å²) in [5, 5.41) is 0. The molecule has 0 unspecified atom stereocenters. The van der Waals surface area contributed by atoms with Crippen LogP contribution in [0.3, 0.4) is 0 Å². The van der Waals surface area contributed by atoms with Crippen molar-refractivity contribution in [2.75, 3.05) is 17.6 Å². The summed E-state index contributed by atoms with van der Waals surface area (Å²) in [5.41, 5.74) is 1.22. The summed E-state index contributed by atoms with van der Waals surface area (Å²) in [6.07, 6.45) is 0. The highest BCUT2D eigenvalue weighted by molar-refractivity contribution is 6.84. The summed E-state index contributed by atoms with van der Waals surface area (Å²) in [5.74, 6) is 0. The van der Waals surface area contributed by atoms with Gasteiger partial charge in [-0.2, -0.15) is 0 Å². The molecule has 62 valence electrons. The Labute approximate surface area is 73.8 Å². The lowest BCUT2D eigenvalue weighted by molar-refractivity contribution is 0.328. The lowest BCUT2D eigenvalue weighted by Crippen LogP contribution is -2.43. The molecule has 0 saturated carbocycles. The molecular formula is C6H14Cl2OSi. The molecule has 4 heteroatoms. The lowest BCUT2D eigenvalue weighted by Gasteiger charge is -2.24. The smallest absolute Gasteiger partial charge is 0.221 e. The molecule has 0 N–H and O–H groups in total. The first-order chi connectivity index (χ1) is 4.74. The van der Waals surface area contributed by atoms with E-state index in [2.05, 4.69) is 6.92 Å². The van der Waals surface area contributed by atoms with Crippen molar-refractivity contribution in [1.82, 2.24) is 0 Å². The number of hydrogen-bond donors (Lipinski definition) is 0. The third kappa shape index (κ3) is 2.78. The topological polar surface area (TPSA) is 9.23 Å². The van der Waals surface area contributed by atoms with Gasteiger partial charge >= 0.3 is 0 Å². The fourth-order valence-corrected chi connectivity index (χ4v) is 4.58. The van der Waals surface area contributed by atoms with Gasteiger partial charge in [0.15, 0.2) is 0 Å². The minimum atomic E-state index is -1.69. The Balaban J connectivity index is 3.87. The highest BCUT2D eigenvalue weighted by atomic mass is 35.5. The lowest BCUT2D eigenvalue weighted by atomic mass is 10.9. The summed E-state index contributed by atoms with van der Waals surface area (Å²) < 4.78 is 5.55. The molecule has 0 saturated heterocycles. The largest absolute Gasteiger partial charge is 0.415 e. The fourth-order valence-electron chi connectivity index (χ4n) is 0.710. The zero-order valence-corrected chi connectivity index (χ0v) is 9.00. The van der Waals surface area contributed by atoms with Crippen LogP contribution >= 0.6 is 23.2 Å². The maximum Gasteiger partial charge on any atom is 0.221 e. The predicted molar refractivity (Wildman–Crippen MR) is 49.3 cm³/mol. The van der Waals surface area contributed by atoms with Gasteiger partial charge in [-0.3, -0.25) is 0 Å². The zero-order valence-electron chi connectivity index (χ0n) is 6.49. The molecule has 0 aromatic heterocycles. The minimum Gasteiger partial charge on any atom is -0.415 e. The molecule has 0 aromatic carbocycles. The molecule has 0 rings (SSSR count). The molecule has 0 aliphatic heterocycles. The summed E-state index contributed by atoms with van der Waals surface area (Å²) in [6, 6.07) is 1.01. The van der Waals surface area contributed by atoms with E-state index < -0.39 is 8.32 Å². The highest BCUT2D eigenvalue weighted by Crippen LogP contribution is 2.14. The van der Waals surface area contributed by atoms with E-state index in [4.69, 9.17) is 27.6 Å². The maximum absolute atomic E-state index is 5.76. The van der Waals surface area contributed by atoms with Gasteiger partial charge in [0, 0.05) is 17.6 Å². The van der Waals surface area contributed by atoms with Crippen molar-refractivity contribution < 1.29 is 4.43 Å². The molecule has 0 aliphatic carbocycles. The highest BCUT2D eigenvalue weighted by Gasteiger charge is 2.30. The molecule has 0 spiro atoms. The zero-order chi connectivity index (χ0) is 8.04. The van der Waals surface area contributed by atoms with Crippen molar-refractivity contribution in [3.63, 3.8) is 0 Å². The van der Waals surface area contributed by atoms with Gasteiger partial charge in [0.1, 0.15) is 0 Å². The molecule has 0 amide bonds. The van der Waals surface area contributed by atoms with Crippen molar-refractivity contribution in [2.45, 2.75) is 19.9 Å². The first kappa shape index (κ1) is 10.8. The van der Waals surface area contributed by atoms with Crippen LogP contribution in [-0.2, 0) is 4.43 Å². The van der Waals surface area contributed by atoms with E-state index in [0.29, 0.717) is 11.0 Å². The molecule has 1 nitrogen and oxygen atoms in total. The van der Waals surface area contributed by atoms with Gasteiger partial charge in [-0.05, 0) is 13.0 Å². The Morgan fingerprint density at radius 1 is 1.20 bits per heavy atom. The van der Waals surface area contributed by atoms with Crippen molar-refractivity contribution in [3.8, 4) is 0 Å². The second-order valence-electron chi connectivity index (χ2n) is 2.24. The van der Waals surface area contributed by atoms with E-state index in [9.17, 15) is 0 Å². The standard InChI is InChI=1S/C6H14Cl2OSi/c1-3-9-10(4-2,5-7)6-8/h3-6H2,1-2H3. The second-order valence-corrected chi connectivity index (χ2v) is 7.74. The quantitative estimate of drug-likeness (QED) is 0.490. The van der Waals surface area contributed by atoms with E-state index in [0.717, 1.165) is 12.7 Å². The van der Waals surface area contributed by atoms with Crippen LogP contribution in [0.1, 0.15) is 13.8 Å². The number of hydrogen-bond acceptors (Lipinski definition) is 1. The Hall–Kier alpha value is 0.757. The summed E-state index contributed by atoms with van der Waals surface area (Å²) in [6.45, 7) is 4.81. The number of alkyl halides is 2. The molecule has 0 atom stereocenters. The average Bonchev–Trinajstić information content (AvgIpc) is 2.01. The van der Waals surface area contributed by atoms with Crippen LogP contribution in [0.2, 0.25) is 6.04 Å². The van der Waals surface area contributed by atoms with Gasteiger partial charge in [-0.15, -0.1) is 23.2 Å². The van der Waals surface area contributed by atoms with Crippen molar-refractivity contribution >= 4 is 31.5 Å². The van der Waals surface area contributed by atoms with Crippen molar-refractivity contribution in [2.24, 2.45) is 0 Å². The molecule has 0 fully saturated rings. The van der Waals surface area contributed by atoms with Gasteiger partial charge in [-0.1, -0.05) is 6.92 Å². The fraction of sp³-hybridized carbons (Fsp3) is 1.00. The van der Waals surface area contributed by atoms with Crippen LogP contribution in [0.25, 0.3) is 0 Å². The van der Waals surface area contributed by atoms with E-state index in [1.165, 1.54) is 0 Å². The Morgan fingerprint density at radius 2 is 1.70 bits per heavy atom. The normalized spacial score (nSPS) is 12.0. The SMILES string of the molecule is CCO[Si](CC)(CCl)CCl. The van der Waals surface area contributed by atoms with Crippen LogP contribution in [-0.4, -0.2) is 25.9 Å². The Bertz CT molecular complexity index is 77.6. The monoisotopic (exact) mass is 200 g/mol. The molecular weight excluding hydrogens is 187 g/mol. The minimum absolute atomic E-state index is 0.612. The van der Waals surface area contributed by atoms with Gasteiger partial charge in [0.05, 0.1) is 0 Å². The Kier molecular flexibility index (Phi) is 5.82. The predicted octanol–water partition coefficient (Wildman–Crippen LogP) is 2.54. The van der Waals surface area contributed by atoms with Crippen LogP contribution in [0.15, 0.2) is 0 Å². The second kappa shape index (κ2) is 5.41. The first-order valence-corrected chi connectivity index (χ1v) is 7.10. The first-order valence-electron chi connectivity index (χ1n) is 3.50. The molecule has 0 aliphatic rings. The van der Waals surface area contributed by atoms with Crippen molar-refractivity contribution in [3.05, 3.63) is 0 Å². The number of rotatable bonds is 5. The third-order valence-electron chi connectivity index (χ3n) is 1.58. The van der Waals surface area contributed by atoms with E-state index in [1.54, 1.807) is 0 Å². The van der Waals surface area contributed by atoms with E-state index in [1.807, 2.05) is 6.92 Å². The van der Waals surface area contributed by atoms with Gasteiger partial charge < -0.3 is 4.43 Å². The maximum atomic E-state index is 5.76. The molecule has 0 radical (unpaired) electrons. The number of halogens is 2. The summed E-state index contributed by atoms with van der Waals surface area (Å²) in [4.78, 5) is 0. The van der Waals surface area contributed by atoms with Gasteiger partial charge in [0.2, 0.25) is 8.32 Å². The Morgan fingerprint density at radius 3 is 1.80 bits per heavy atom. The molecule has 0 heterocycles. The summed E-state index contributed by atoms with van der Waals surface area (Å²) in [7, 11) is -1.69. The average molecular weight is 201 g/mol. The van der Waals surface area contributed by atoms with Crippen LogP contribution in [0.4, 0.5) is 0 Å².